The van der Waals surface area contributed by atoms with Gasteiger partial charge in [0.2, 0.25) is 0 Å². The minimum Gasteiger partial charge on any atom is -0.457 e. The highest BCUT2D eigenvalue weighted by Gasteiger charge is 1.99. The Morgan fingerprint density at radius 2 is 1.74 bits per heavy atom. The molecule has 0 unspecified atom stereocenters. The van der Waals surface area contributed by atoms with Gasteiger partial charge in [-0.05, 0) is 48.9 Å². The summed E-state index contributed by atoms with van der Waals surface area (Å²) >= 11 is 0. The first-order valence-corrected chi connectivity index (χ1v) is 7.35. The first-order chi connectivity index (χ1) is 11.2. The fourth-order valence-electron chi connectivity index (χ4n) is 2.27. The average molecular weight is 308 g/mol. The van der Waals surface area contributed by atoms with E-state index < -0.39 is 0 Å². The largest absolute Gasteiger partial charge is 0.457 e. The van der Waals surface area contributed by atoms with Crippen LogP contribution < -0.4 is 4.74 Å². The first kappa shape index (κ1) is 15.0. The van der Waals surface area contributed by atoms with Gasteiger partial charge in [-0.3, -0.25) is 0 Å². The van der Waals surface area contributed by atoms with Crippen molar-refractivity contribution in [3.8, 4) is 11.5 Å². The quantitative estimate of drug-likeness (QED) is 0.669. The molecule has 1 heterocycles. The van der Waals surface area contributed by atoms with Crippen LogP contribution in [-0.2, 0) is 6.54 Å². The zero-order valence-corrected chi connectivity index (χ0v) is 12.8. The Morgan fingerprint density at radius 3 is 2.35 bits per heavy atom. The van der Waals surface area contributed by atoms with Gasteiger partial charge in [-0.1, -0.05) is 23.8 Å². The number of hydrogen-bond donors (Lipinski definition) is 0. The molecule has 1 aromatic heterocycles. The second-order valence-corrected chi connectivity index (χ2v) is 5.35. The molecular weight excluding hydrogens is 291 g/mol. The molecule has 3 nitrogen and oxygen atoms in total. The maximum Gasteiger partial charge on any atom is 0.127 e. The maximum atomic E-state index is 12.9. The second kappa shape index (κ2) is 6.92. The van der Waals surface area contributed by atoms with Crippen LogP contribution in [0.3, 0.4) is 0 Å². The van der Waals surface area contributed by atoms with Crippen molar-refractivity contribution in [2.24, 2.45) is 0 Å². The summed E-state index contributed by atoms with van der Waals surface area (Å²) in [6.45, 7) is 2.90. The number of nitrogens with zero attached hydrogens (tertiary/aromatic N) is 2. The van der Waals surface area contributed by atoms with E-state index in [9.17, 15) is 4.39 Å². The van der Waals surface area contributed by atoms with Gasteiger partial charge >= 0.3 is 0 Å². The van der Waals surface area contributed by atoms with Gasteiger partial charge in [0.05, 0.1) is 6.33 Å². The van der Waals surface area contributed by atoms with E-state index in [0.717, 1.165) is 17.9 Å². The Hall–Kier alpha value is -2.88. The van der Waals surface area contributed by atoms with Crippen molar-refractivity contribution in [3.05, 3.63) is 84.2 Å². The maximum absolute atomic E-state index is 12.9. The highest BCUT2D eigenvalue weighted by atomic mass is 19.1. The highest BCUT2D eigenvalue weighted by molar-refractivity contribution is 5.53. The lowest BCUT2D eigenvalue weighted by Gasteiger charge is -2.06. The number of halogens is 1. The van der Waals surface area contributed by atoms with Crippen molar-refractivity contribution < 1.29 is 9.13 Å². The monoisotopic (exact) mass is 308 g/mol. The summed E-state index contributed by atoms with van der Waals surface area (Å²) < 4.78 is 20.6. The van der Waals surface area contributed by atoms with Crippen LogP contribution in [0.4, 0.5) is 4.39 Å². The first-order valence-electron chi connectivity index (χ1n) is 7.35. The topological polar surface area (TPSA) is 27.1 Å². The summed E-state index contributed by atoms with van der Waals surface area (Å²) in [7, 11) is 0. The molecule has 0 spiro atoms. The number of ether oxygens (including phenoxy) is 1. The van der Waals surface area contributed by atoms with Crippen LogP contribution >= 0.6 is 0 Å². The van der Waals surface area contributed by atoms with Crippen molar-refractivity contribution >= 4 is 6.08 Å². The predicted molar refractivity (Wildman–Crippen MR) is 88.8 cm³/mol. The summed E-state index contributed by atoms with van der Waals surface area (Å²) in [6, 6.07) is 13.8. The van der Waals surface area contributed by atoms with Crippen LogP contribution in [0.2, 0.25) is 0 Å². The average Bonchev–Trinajstić information content (AvgIpc) is 3.04. The molecule has 0 bridgehead atoms. The number of benzene rings is 2. The molecule has 0 atom stereocenters. The molecule has 0 saturated heterocycles. The number of imidazole rings is 1. The lowest BCUT2D eigenvalue weighted by Crippen LogP contribution is -1.95. The smallest absolute Gasteiger partial charge is 0.127 e. The van der Waals surface area contributed by atoms with Gasteiger partial charge in [0.15, 0.2) is 0 Å². The molecule has 3 aromatic rings. The molecule has 0 fully saturated rings. The second-order valence-electron chi connectivity index (χ2n) is 5.35. The van der Waals surface area contributed by atoms with Gasteiger partial charge in [0.25, 0.3) is 0 Å². The van der Waals surface area contributed by atoms with E-state index in [-0.39, 0.29) is 5.82 Å². The Labute approximate surface area is 134 Å². The molecular formula is C19H17FN2O. The minimum atomic E-state index is -0.272. The number of allylic oxidation sites excluding steroid dienone is 1. The SMILES string of the molecule is CC(=Cc1ccc(Oc2ccc(F)cc2)cc1)Cn1ccnc1. The Kier molecular flexibility index (Phi) is 4.52. The summed E-state index contributed by atoms with van der Waals surface area (Å²) in [4.78, 5) is 4.03. The van der Waals surface area contributed by atoms with Crippen molar-refractivity contribution in [1.82, 2.24) is 9.55 Å². The molecule has 0 radical (unpaired) electrons. The lowest BCUT2D eigenvalue weighted by atomic mass is 10.1. The van der Waals surface area contributed by atoms with E-state index in [0.29, 0.717) is 5.75 Å². The van der Waals surface area contributed by atoms with Crippen molar-refractivity contribution in [2.75, 3.05) is 0 Å². The van der Waals surface area contributed by atoms with Gasteiger partial charge in [-0.15, -0.1) is 0 Å². The molecule has 2 aromatic carbocycles. The van der Waals surface area contributed by atoms with E-state index in [1.54, 1.807) is 24.7 Å². The normalized spacial score (nSPS) is 11.5. The summed E-state index contributed by atoms with van der Waals surface area (Å²) in [5.41, 5.74) is 2.34. The third-order valence-electron chi connectivity index (χ3n) is 3.33. The Bertz CT molecular complexity index is 775. The summed E-state index contributed by atoms with van der Waals surface area (Å²) in [5.74, 6) is 1.07. The zero-order valence-electron chi connectivity index (χ0n) is 12.8. The fraction of sp³-hybridized carbons (Fsp3) is 0.105. The van der Waals surface area contributed by atoms with Gasteiger partial charge in [-0.25, -0.2) is 9.37 Å². The summed E-state index contributed by atoms with van der Waals surface area (Å²) in [5, 5.41) is 0. The lowest BCUT2D eigenvalue weighted by molar-refractivity contribution is 0.480. The number of rotatable bonds is 5. The molecule has 116 valence electrons. The third kappa shape index (κ3) is 4.30. The van der Waals surface area contributed by atoms with Crippen molar-refractivity contribution in [1.29, 1.82) is 0 Å². The Morgan fingerprint density at radius 1 is 1.09 bits per heavy atom. The molecule has 0 aliphatic heterocycles. The van der Waals surface area contributed by atoms with Crippen molar-refractivity contribution in [2.45, 2.75) is 13.5 Å². The van der Waals surface area contributed by atoms with Crippen LogP contribution in [0.15, 0.2) is 72.8 Å². The molecule has 3 rings (SSSR count). The van der Waals surface area contributed by atoms with E-state index >= 15 is 0 Å². The van der Waals surface area contributed by atoms with Crippen molar-refractivity contribution in [3.63, 3.8) is 0 Å². The van der Waals surface area contributed by atoms with Gasteiger partial charge in [-0.2, -0.15) is 0 Å². The predicted octanol–water partition coefficient (Wildman–Crippen LogP) is 4.92. The van der Waals surface area contributed by atoms with Crippen LogP contribution in [0.5, 0.6) is 11.5 Å². The van der Waals surface area contributed by atoms with Crippen LogP contribution in [0, 0.1) is 5.82 Å². The zero-order chi connectivity index (χ0) is 16.1. The molecule has 4 heteroatoms. The molecule has 0 amide bonds. The van der Waals surface area contributed by atoms with Crippen LogP contribution in [0.25, 0.3) is 6.08 Å². The minimum absolute atomic E-state index is 0.272. The van der Waals surface area contributed by atoms with E-state index in [1.165, 1.54) is 17.7 Å². The van der Waals surface area contributed by atoms with Crippen LogP contribution in [-0.4, -0.2) is 9.55 Å². The van der Waals surface area contributed by atoms with Gasteiger partial charge < -0.3 is 9.30 Å². The molecule has 0 aliphatic carbocycles. The van der Waals surface area contributed by atoms with E-state index in [4.69, 9.17) is 4.74 Å². The van der Waals surface area contributed by atoms with Crippen LogP contribution in [0.1, 0.15) is 12.5 Å². The summed E-state index contributed by atoms with van der Waals surface area (Å²) in [6.07, 6.45) is 7.64. The standard InChI is InChI=1S/C19H17FN2O/c1-15(13-22-11-10-21-14-22)12-16-2-6-18(7-3-16)23-19-8-4-17(20)5-9-19/h2-12,14H,13H2,1H3. The molecule has 0 N–H and O–H groups in total. The van der Waals surface area contributed by atoms with Gasteiger partial charge in [0, 0.05) is 18.9 Å². The fourth-order valence-corrected chi connectivity index (χ4v) is 2.27. The third-order valence-corrected chi connectivity index (χ3v) is 3.33. The van der Waals surface area contributed by atoms with E-state index in [1.807, 2.05) is 35.0 Å². The number of hydrogen-bond acceptors (Lipinski definition) is 2. The number of aromatic nitrogens is 2. The molecule has 0 saturated carbocycles. The molecule has 23 heavy (non-hydrogen) atoms. The molecule has 0 aliphatic rings. The van der Waals surface area contributed by atoms with Gasteiger partial charge in [0.1, 0.15) is 17.3 Å². The Balaban J connectivity index is 1.65. The highest BCUT2D eigenvalue weighted by Crippen LogP contribution is 2.22. The van der Waals surface area contributed by atoms with E-state index in [2.05, 4.69) is 18.0 Å².